The Kier molecular flexibility index (Phi) is 2.89. The van der Waals surface area contributed by atoms with Gasteiger partial charge in [0.2, 0.25) is 0 Å². The van der Waals surface area contributed by atoms with Crippen molar-refractivity contribution in [3.63, 3.8) is 0 Å². The lowest BCUT2D eigenvalue weighted by atomic mass is 10.0. The Morgan fingerprint density at radius 2 is 2.15 bits per heavy atom. The molecule has 0 unspecified atom stereocenters. The average Bonchev–Trinajstić information content (AvgIpc) is 2.85. The van der Waals surface area contributed by atoms with Gasteiger partial charge in [-0.3, -0.25) is 4.90 Å². The van der Waals surface area contributed by atoms with Crippen molar-refractivity contribution in [2.24, 2.45) is 5.92 Å². The molecule has 1 saturated carbocycles. The smallest absolute Gasteiger partial charge is 0.0705 e. The second kappa shape index (κ2) is 3.97. The summed E-state index contributed by atoms with van der Waals surface area (Å²) in [4.78, 5) is 2.62. The quantitative estimate of drug-likeness (QED) is 0.662. The van der Waals surface area contributed by atoms with Gasteiger partial charge in [0, 0.05) is 19.1 Å². The summed E-state index contributed by atoms with van der Waals surface area (Å²) in [5.41, 5.74) is 0. The topological polar surface area (TPSA) is 12.5 Å². The van der Waals surface area contributed by atoms with Gasteiger partial charge in [0.15, 0.2) is 0 Å². The monoisotopic (exact) mass is 183 g/mol. The first-order chi connectivity index (χ1) is 6.25. The molecule has 1 atom stereocenters. The summed E-state index contributed by atoms with van der Waals surface area (Å²) < 4.78 is 5.76. The van der Waals surface area contributed by atoms with Gasteiger partial charge in [0.05, 0.1) is 12.7 Å². The maximum atomic E-state index is 5.76. The van der Waals surface area contributed by atoms with Crippen LogP contribution in [0.2, 0.25) is 0 Å². The van der Waals surface area contributed by atoms with E-state index in [1.54, 1.807) is 0 Å². The van der Waals surface area contributed by atoms with Crippen molar-refractivity contribution in [2.75, 3.05) is 19.7 Å². The molecule has 2 aliphatic rings. The molecule has 1 aliphatic heterocycles. The molecule has 2 nitrogen and oxygen atoms in total. The molecule has 1 heterocycles. The van der Waals surface area contributed by atoms with Gasteiger partial charge in [-0.2, -0.15) is 0 Å². The number of morpholine rings is 1. The van der Waals surface area contributed by atoms with Crippen LogP contribution in [0.1, 0.15) is 33.1 Å². The molecule has 0 radical (unpaired) electrons. The number of hydrogen-bond acceptors (Lipinski definition) is 2. The van der Waals surface area contributed by atoms with Crippen LogP contribution in [0, 0.1) is 5.92 Å². The third-order valence-corrected chi connectivity index (χ3v) is 2.97. The highest BCUT2D eigenvalue weighted by molar-refractivity contribution is 4.87. The normalized spacial score (nSPS) is 31.2. The van der Waals surface area contributed by atoms with Crippen molar-refractivity contribution in [3.8, 4) is 0 Å². The Morgan fingerprint density at radius 1 is 1.38 bits per heavy atom. The molecular weight excluding hydrogens is 162 g/mol. The first kappa shape index (κ1) is 9.47. The van der Waals surface area contributed by atoms with Gasteiger partial charge in [-0.15, -0.1) is 0 Å². The third kappa shape index (κ3) is 2.68. The summed E-state index contributed by atoms with van der Waals surface area (Å²) >= 11 is 0. The summed E-state index contributed by atoms with van der Waals surface area (Å²) in [6, 6.07) is 0.915. The van der Waals surface area contributed by atoms with Crippen molar-refractivity contribution in [1.82, 2.24) is 4.90 Å². The minimum Gasteiger partial charge on any atom is -0.376 e. The number of hydrogen-bond donors (Lipinski definition) is 0. The van der Waals surface area contributed by atoms with Crippen LogP contribution in [0.3, 0.4) is 0 Å². The Bertz CT molecular complexity index is 165. The predicted octanol–water partition coefficient (Wildman–Crippen LogP) is 1.90. The fourth-order valence-corrected chi connectivity index (χ4v) is 2.18. The zero-order chi connectivity index (χ0) is 9.26. The number of nitrogens with zero attached hydrogens (tertiary/aromatic N) is 1. The highest BCUT2D eigenvalue weighted by Crippen LogP contribution is 2.29. The molecule has 0 aromatic rings. The molecule has 0 aromatic heterocycles. The molecule has 13 heavy (non-hydrogen) atoms. The Labute approximate surface area is 81.3 Å². The molecule has 1 aliphatic carbocycles. The Hall–Kier alpha value is -0.0800. The molecule has 0 aromatic carbocycles. The van der Waals surface area contributed by atoms with Crippen LogP contribution in [0.5, 0.6) is 0 Å². The van der Waals surface area contributed by atoms with Crippen LogP contribution in [0.4, 0.5) is 0 Å². The molecule has 76 valence electrons. The maximum Gasteiger partial charge on any atom is 0.0705 e. The Morgan fingerprint density at radius 3 is 2.77 bits per heavy atom. The minimum atomic E-state index is 0.509. The molecule has 1 saturated heterocycles. The molecule has 0 amide bonds. The lowest BCUT2D eigenvalue weighted by Gasteiger charge is -2.33. The van der Waals surface area contributed by atoms with Gasteiger partial charge in [0.1, 0.15) is 0 Å². The lowest BCUT2D eigenvalue weighted by Crippen LogP contribution is -2.43. The van der Waals surface area contributed by atoms with Crippen molar-refractivity contribution in [3.05, 3.63) is 0 Å². The van der Waals surface area contributed by atoms with E-state index in [0.717, 1.165) is 18.6 Å². The Balaban J connectivity index is 1.77. The first-order valence-electron chi connectivity index (χ1n) is 5.61. The molecule has 2 fully saturated rings. The second-order valence-corrected chi connectivity index (χ2v) is 4.85. The van der Waals surface area contributed by atoms with E-state index >= 15 is 0 Å². The van der Waals surface area contributed by atoms with Crippen LogP contribution in [0.25, 0.3) is 0 Å². The van der Waals surface area contributed by atoms with Crippen LogP contribution in [-0.4, -0.2) is 36.7 Å². The van der Waals surface area contributed by atoms with Crippen molar-refractivity contribution >= 4 is 0 Å². The lowest BCUT2D eigenvalue weighted by molar-refractivity contribution is -0.0400. The second-order valence-electron chi connectivity index (χ2n) is 4.85. The molecule has 0 spiro atoms. The highest BCUT2D eigenvalue weighted by atomic mass is 16.5. The van der Waals surface area contributed by atoms with Gasteiger partial charge in [-0.05, 0) is 25.2 Å². The molecule has 0 N–H and O–H groups in total. The number of rotatable bonds is 3. The minimum absolute atomic E-state index is 0.509. The zero-order valence-electron chi connectivity index (χ0n) is 8.83. The van der Waals surface area contributed by atoms with Crippen LogP contribution < -0.4 is 0 Å². The standard InChI is InChI=1S/C11H21NO/c1-9(2)7-11-8-12(5-6-13-11)10-3-4-10/h9-11H,3-8H2,1-2H3/t11-/m1/s1. The van der Waals surface area contributed by atoms with Gasteiger partial charge in [-0.25, -0.2) is 0 Å². The first-order valence-corrected chi connectivity index (χ1v) is 5.61. The summed E-state index contributed by atoms with van der Waals surface area (Å²) in [7, 11) is 0. The van der Waals surface area contributed by atoms with Crippen LogP contribution >= 0.6 is 0 Å². The summed E-state index contributed by atoms with van der Waals surface area (Å²) in [5, 5.41) is 0. The fourth-order valence-electron chi connectivity index (χ4n) is 2.18. The molecule has 2 rings (SSSR count). The van der Waals surface area contributed by atoms with Crippen LogP contribution in [-0.2, 0) is 4.74 Å². The third-order valence-electron chi connectivity index (χ3n) is 2.97. The van der Waals surface area contributed by atoms with E-state index in [-0.39, 0.29) is 0 Å². The summed E-state index contributed by atoms with van der Waals surface area (Å²) in [5.74, 6) is 0.768. The van der Waals surface area contributed by atoms with E-state index in [1.807, 2.05) is 0 Å². The van der Waals surface area contributed by atoms with Gasteiger partial charge in [0.25, 0.3) is 0 Å². The predicted molar refractivity (Wildman–Crippen MR) is 53.8 cm³/mol. The largest absolute Gasteiger partial charge is 0.376 e. The van der Waals surface area contributed by atoms with Gasteiger partial charge < -0.3 is 4.74 Å². The van der Waals surface area contributed by atoms with E-state index in [2.05, 4.69) is 18.7 Å². The van der Waals surface area contributed by atoms with E-state index < -0.39 is 0 Å². The van der Waals surface area contributed by atoms with Crippen molar-refractivity contribution < 1.29 is 4.74 Å². The van der Waals surface area contributed by atoms with E-state index in [4.69, 9.17) is 4.74 Å². The number of ether oxygens (including phenoxy) is 1. The van der Waals surface area contributed by atoms with E-state index in [0.29, 0.717) is 6.10 Å². The zero-order valence-corrected chi connectivity index (χ0v) is 8.83. The van der Waals surface area contributed by atoms with E-state index in [1.165, 1.54) is 32.4 Å². The van der Waals surface area contributed by atoms with E-state index in [9.17, 15) is 0 Å². The molecule has 2 heteroatoms. The SMILES string of the molecule is CC(C)C[C@@H]1CN(C2CC2)CCO1. The highest BCUT2D eigenvalue weighted by Gasteiger charge is 2.32. The summed E-state index contributed by atoms with van der Waals surface area (Å²) in [6.07, 6.45) is 4.58. The molecular formula is C11H21NO. The van der Waals surface area contributed by atoms with Crippen molar-refractivity contribution in [2.45, 2.75) is 45.3 Å². The maximum absolute atomic E-state index is 5.76. The summed E-state index contributed by atoms with van der Waals surface area (Å²) in [6.45, 7) is 7.86. The van der Waals surface area contributed by atoms with Crippen molar-refractivity contribution in [1.29, 1.82) is 0 Å². The van der Waals surface area contributed by atoms with Gasteiger partial charge in [-0.1, -0.05) is 13.8 Å². The van der Waals surface area contributed by atoms with Gasteiger partial charge >= 0.3 is 0 Å². The fraction of sp³-hybridized carbons (Fsp3) is 1.00. The van der Waals surface area contributed by atoms with Crippen LogP contribution in [0.15, 0.2) is 0 Å². The average molecular weight is 183 g/mol. The molecule has 0 bridgehead atoms.